The summed E-state index contributed by atoms with van der Waals surface area (Å²) in [7, 11) is 0. The lowest BCUT2D eigenvalue weighted by Gasteiger charge is -2.07. The van der Waals surface area contributed by atoms with Gasteiger partial charge in [-0.15, -0.1) is 11.3 Å². The number of hydrogen-bond donors (Lipinski definition) is 1. The van der Waals surface area contributed by atoms with Gasteiger partial charge in [-0.25, -0.2) is 0 Å². The minimum atomic E-state index is 1.11. The molecule has 1 aromatic heterocycles. The predicted molar refractivity (Wildman–Crippen MR) is 116 cm³/mol. The SMILES string of the molecule is C=C/C=C\C=C(/C)Nc1sc(Sc2ccc(C)c(C(=C)C)c2)cc1C. The molecule has 0 saturated carbocycles. The number of anilines is 1. The number of allylic oxidation sites excluding steroid dienone is 6. The third-order valence-electron chi connectivity index (χ3n) is 3.69. The zero-order valence-corrected chi connectivity index (χ0v) is 17.0. The van der Waals surface area contributed by atoms with E-state index in [0.29, 0.717) is 0 Å². The van der Waals surface area contributed by atoms with Crippen molar-refractivity contribution >= 4 is 33.7 Å². The van der Waals surface area contributed by atoms with Crippen molar-refractivity contribution in [1.29, 1.82) is 0 Å². The van der Waals surface area contributed by atoms with Crippen molar-refractivity contribution in [2.24, 2.45) is 0 Å². The molecule has 1 N–H and O–H groups in total. The lowest BCUT2D eigenvalue weighted by Crippen LogP contribution is -1.93. The maximum absolute atomic E-state index is 4.08. The van der Waals surface area contributed by atoms with Crippen LogP contribution in [0.15, 0.2) is 76.5 Å². The molecular formula is C22H25NS2. The number of aryl methyl sites for hydroxylation is 2. The van der Waals surface area contributed by atoms with Crippen LogP contribution in [0.2, 0.25) is 0 Å². The van der Waals surface area contributed by atoms with Crippen LogP contribution in [0.25, 0.3) is 5.57 Å². The Bertz CT molecular complexity index is 838. The van der Waals surface area contributed by atoms with Crippen molar-refractivity contribution in [2.45, 2.75) is 36.8 Å². The van der Waals surface area contributed by atoms with Crippen LogP contribution in [0.4, 0.5) is 5.00 Å². The van der Waals surface area contributed by atoms with E-state index in [0.717, 1.165) is 11.3 Å². The van der Waals surface area contributed by atoms with Crippen LogP contribution < -0.4 is 5.32 Å². The van der Waals surface area contributed by atoms with E-state index in [1.165, 1.54) is 30.8 Å². The van der Waals surface area contributed by atoms with E-state index < -0.39 is 0 Å². The van der Waals surface area contributed by atoms with Gasteiger partial charge < -0.3 is 5.32 Å². The van der Waals surface area contributed by atoms with Crippen LogP contribution in [0.1, 0.15) is 30.5 Å². The molecule has 0 fully saturated rings. The Morgan fingerprint density at radius 1 is 1.12 bits per heavy atom. The summed E-state index contributed by atoms with van der Waals surface area (Å²) in [5, 5.41) is 4.67. The Hall–Kier alpha value is -1.97. The Morgan fingerprint density at radius 3 is 2.56 bits per heavy atom. The maximum Gasteiger partial charge on any atom is 0.0965 e. The minimum absolute atomic E-state index is 1.11. The molecule has 0 aliphatic heterocycles. The summed E-state index contributed by atoms with van der Waals surface area (Å²) < 4.78 is 1.28. The van der Waals surface area contributed by atoms with Crippen LogP contribution in [-0.2, 0) is 0 Å². The molecular weight excluding hydrogens is 342 g/mol. The highest BCUT2D eigenvalue weighted by molar-refractivity contribution is 8.01. The van der Waals surface area contributed by atoms with Gasteiger partial charge in [-0.05, 0) is 68.7 Å². The normalized spacial score (nSPS) is 11.8. The third-order valence-corrected chi connectivity index (χ3v) is 5.94. The average molecular weight is 368 g/mol. The summed E-state index contributed by atoms with van der Waals surface area (Å²) >= 11 is 3.59. The molecule has 25 heavy (non-hydrogen) atoms. The second kappa shape index (κ2) is 8.93. The minimum Gasteiger partial charge on any atom is -0.351 e. The Morgan fingerprint density at radius 2 is 1.88 bits per heavy atom. The molecule has 1 aromatic carbocycles. The Labute approximate surface area is 159 Å². The number of rotatable bonds is 7. The fraction of sp³-hybridized carbons (Fsp3) is 0.182. The molecule has 1 nitrogen and oxygen atoms in total. The average Bonchev–Trinajstić information content (AvgIpc) is 2.88. The van der Waals surface area contributed by atoms with Crippen LogP contribution >= 0.6 is 23.1 Å². The second-order valence-electron chi connectivity index (χ2n) is 6.03. The first-order valence-corrected chi connectivity index (χ1v) is 9.82. The Kier molecular flexibility index (Phi) is 6.91. The van der Waals surface area contributed by atoms with Crippen LogP contribution in [0.3, 0.4) is 0 Å². The fourth-order valence-electron chi connectivity index (χ4n) is 2.37. The summed E-state index contributed by atoms with van der Waals surface area (Å²) in [5.41, 5.74) is 6.00. The summed E-state index contributed by atoms with van der Waals surface area (Å²) in [6, 6.07) is 8.82. The predicted octanol–water partition coefficient (Wildman–Crippen LogP) is 7.61. The lowest BCUT2D eigenvalue weighted by molar-refractivity contribution is 1.33. The standard InChI is InChI=1S/C22H25NS2/c1-7-8-9-10-18(6)23-22-17(5)13-21(25-22)24-19-12-11-16(4)20(14-19)15(2)3/h7-14,23H,1-2H2,3-6H3/b9-8-,18-10+. The first-order chi connectivity index (χ1) is 11.9. The highest BCUT2D eigenvalue weighted by Crippen LogP contribution is 2.39. The smallest absolute Gasteiger partial charge is 0.0965 e. The molecule has 0 atom stereocenters. The van der Waals surface area contributed by atoms with E-state index in [4.69, 9.17) is 0 Å². The summed E-state index contributed by atoms with van der Waals surface area (Å²) in [5.74, 6) is 0. The third kappa shape index (κ3) is 5.52. The molecule has 130 valence electrons. The fourth-order valence-corrected chi connectivity index (χ4v) is 4.72. The van der Waals surface area contributed by atoms with Crippen molar-refractivity contribution in [3.05, 3.63) is 84.1 Å². The van der Waals surface area contributed by atoms with Gasteiger partial charge in [0.25, 0.3) is 0 Å². The molecule has 0 aliphatic rings. The van der Waals surface area contributed by atoms with Crippen molar-refractivity contribution in [3.63, 3.8) is 0 Å². The number of nitrogens with one attached hydrogen (secondary N) is 1. The van der Waals surface area contributed by atoms with Gasteiger partial charge in [-0.3, -0.25) is 0 Å². The number of thiophene rings is 1. The molecule has 0 aliphatic carbocycles. The molecule has 0 saturated heterocycles. The van der Waals surface area contributed by atoms with Gasteiger partial charge in [0.15, 0.2) is 0 Å². The van der Waals surface area contributed by atoms with Crippen LogP contribution in [0, 0.1) is 13.8 Å². The molecule has 1 heterocycles. The molecule has 0 amide bonds. The zero-order valence-electron chi connectivity index (χ0n) is 15.3. The number of benzene rings is 1. The largest absolute Gasteiger partial charge is 0.351 e. The molecule has 2 aromatic rings. The topological polar surface area (TPSA) is 12.0 Å². The first-order valence-electron chi connectivity index (χ1n) is 8.18. The summed E-state index contributed by atoms with van der Waals surface area (Å²) in [6.45, 7) is 16.2. The first kappa shape index (κ1) is 19.4. The highest BCUT2D eigenvalue weighted by Gasteiger charge is 2.09. The van der Waals surface area contributed by atoms with E-state index >= 15 is 0 Å². The van der Waals surface area contributed by atoms with E-state index in [1.807, 2.05) is 18.2 Å². The molecule has 0 spiro atoms. The lowest BCUT2D eigenvalue weighted by atomic mass is 10.0. The van der Waals surface area contributed by atoms with Gasteiger partial charge in [-0.1, -0.05) is 54.8 Å². The summed E-state index contributed by atoms with van der Waals surface area (Å²) in [4.78, 5) is 1.25. The number of hydrogen-bond acceptors (Lipinski definition) is 3. The monoisotopic (exact) mass is 367 g/mol. The van der Waals surface area contributed by atoms with E-state index in [9.17, 15) is 0 Å². The molecule has 3 heteroatoms. The van der Waals surface area contributed by atoms with E-state index in [1.54, 1.807) is 29.2 Å². The van der Waals surface area contributed by atoms with E-state index in [-0.39, 0.29) is 0 Å². The van der Waals surface area contributed by atoms with Gasteiger partial charge in [0, 0.05) is 10.6 Å². The summed E-state index contributed by atoms with van der Waals surface area (Å²) in [6.07, 6.45) is 7.73. The molecule has 0 bridgehead atoms. The van der Waals surface area contributed by atoms with Gasteiger partial charge in [0.1, 0.15) is 0 Å². The quantitative estimate of drug-likeness (QED) is 0.505. The van der Waals surface area contributed by atoms with Gasteiger partial charge in [0.05, 0.1) is 9.21 Å². The van der Waals surface area contributed by atoms with Gasteiger partial charge in [-0.2, -0.15) is 0 Å². The zero-order chi connectivity index (χ0) is 18.4. The second-order valence-corrected chi connectivity index (χ2v) is 8.46. The van der Waals surface area contributed by atoms with E-state index in [2.05, 4.69) is 70.4 Å². The highest BCUT2D eigenvalue weighted by atomic mass is 32.2. The van der Waals surface area contributed by atoms with Crippen molar-refractivity contribution < 1.29 is 0 Å². The van der Waals surface area contributed by atoms with Crippen LogP contribution in [0.5, 0.6) is 0 Å². The molecule has 0 radical (unpaired) electrons. The maximum atomic E-state index is 4.08. The van der Waals surface area contributed by atoms with Crippen LogP contribution in [-0.4, -0.2) is 0 Å². The van der Waals surface area contributed by atoms with Crippen molar-refractivity contribution in [2.75, 3.05) is 5.32 Å². The van der Waals surface area contributed by atoms with Gasteiger partial charge in [0.2, 0.25) is 0 Å². The van der Waals surface area contributed by atoms with Gasteiger partial charge >= 0.3 is 0 Å². The van der Waals surface area contributed by atoms with Crippen molar-refractivity contribution in [1.82, 2.24) is 0 Å². The molecule has 2 rings (SSSR count). The molecule has 0 unspecified atom stereocenters. The Balaban J connectivity index is 2.16. The van der Waals surface area contributed by atoms with Crippen molar-refractivity contribution in [3.8, 4) is 0 Å².